The van der Waals surface area contributed by atoms with Gasteiger partial charge in [0, 0.05) is 6.54 Å². The minimum Gasteiger partial charge on any atom is -0.461 e. The Labute approximate surface area is 124 Å². The summed E-state index contributed by atoms with van der Waals surface area (Å²) in [5, 5.41) is 0. The first-order valence-electron chi connectivity index (χ1n) is 7.04. The number of rotatable bonds is 4. The molecular formula is C16H21NO4. The van der Waals surface area contributed by atoms with Gasteiger partial charge in [-0.05, 0) is 26.3 Å². The Bertz CT molecular complexity index is 507. The second-order valence-corrected chi connectivity index (χ2v) is 6.14. The first-order valence-corrected chi connectivity index (χ1v) is 7.04. The van der Waals surface area contributed by atoms with E-state index in [1.807, 2.05) is 51.1 Å². The van der Waals surface area contributed by atoms with E-state index in [1.165, 1.54) is 4.90 Å². The Balaban J connectivity index is 1.69. The summed E-state index contributed by atoms with van der Waals surface area (Å²) >= 11 is 0. The summed E-state index contributed by atoms with van der Waals surface area (Å²) in [5.74, 6) is -0.296. The predicted octanol–water partition coefficient (Wildman–Crippen LogP) is 2.74. The molecule has 21 heavy (non-hydrogen) atoms. The highest BCUT2D eigenvalue weighted by Crippen LogP contribution is 2.24. The van der Waals surface area contributed by atoms with Crippen LogP contribution in [0.3, 0.4) is 0 Å². The van der Waals surface area contributed by atoms with Crippen LogP contribution in [0.2, 0.25) is 0 Å². The van der Waals surface area contributed by atoms with Crippen LogP contribution in [0.4, 0.5) is 4.79 Å². The molecule has 1 aromatic rings. The first kappa shape index (κ1) is 15.4. The minimum atomic E-state index is -0.516. The summed E-state index contributed by atoms with van der Waals surface area (Å²) in [6.45, 7) is 6.26. The monoisotopic (exact) mass is 291 g/mol. The fourth-order valence-electron chi connectivity index (χ4n) is 1.89. The van der Waals surface area contributed by atoms with E-state index in [1.54, 1.807) is 0 Å². The molecule has 1 aliphatic heterocycles. The third-order valence-electron chi connectivity index (χ3n) is 2.99. The summed E-state index contributed by atoms with van der Waals surface area (Å²) in [7, 11) is 0. The van der Waals surface area contributed by atoms with E-state index in [0.717, 1.165) is 5.56 Å². The normalized spacial score (nSPS) is 17.3. The molecule has 0 saturated carbocycles. The van der Waals surface area contributed by atoms with E-state index < -0.39 is 5.60 Å². The van der Waals surface area contributed by atoms with Crippen LogP contribution in [0.15, 0.2) is 30.3 Å². The van der Waals surface area contributed by atoms with Crippen LogP contribution in [-0.2, 0) is 20.9 Å². The minimum absolute atomic E-state index is 0.0943. The van der Waals surface area contributed by atoms with Crippen LogP contribution >= 0.6 is 0 Å². The number of ether oxygens (including phenoxy) is 2. The number of esters is 1. The van der Waals surface area contributed by atoms with Crippen molar-refractivity contribution in [3.05, 3.63) is 35.9 Å². The van der Waals surface area contributed by atoms with Gasteiger partial charge in [0.15, 0.2) is 0 Å². The molecule has 0 bridgehead atoms. The fourth-order valence-corrected chi connectivity index (χ4v) is 1.89. The Hall–Kier alpha value is -2.04. The molecule has 0 N–H and O–H groups in total. The second-order valence-electron chi connectivity index (χ2n) is 6.14. The SMILES string of the molecule is CC(C)(C)OC(=O)N1C[C@@H]1CC(=O)OCc1ccccc1. The van der Waals surface area contributed by atoms with Crippen molar-refractivity contribution in [2.24, 2.45) is 0 Å². The van der Waals surface area contributed by atoms with Gasteiger partial charge in [-0.15, -0.1) is 0 Å². The van der Waals surface area contributed by atoms with Gasteiger partial charge in [-0.1, -0.05) is 30.3 Å². The number of hydrogen-bond acceptors (Lipinski definition) is 4. The number of amides is 1. The molecule has 114 valence electrons. The molecule has 1 aliphatic rings. The molecule has 0 unspecified atom stereocenters. The molecule has 5 nitrogen and oxygen atoms in total. The van der Waals surface area contributed by atoms with Crippen LogP contribution in [0.1, 0.15) is 32.8 Å². The second kappa shape index (κ2) is 6.16. The number of benzene rings is 1. The number of carbonyl (C=O) groups is 2. The molecule has 1 amide bonds. The number of nitrogens with zero attached hydrogens (tertiary/aromatic N) is 1. The van der Waals surface area contributed by atoms with Gasteiger partial charge in [0.1, 0.15) is 12.2 Å². The molecule has 5 heteroatoms. The largest absolute Gasteiger partial charge is 0.461 e. The lowest BCUT2D eigenvalue weighted by Gasteiger charge is -2.19. The van der Waals surface area contributed by atoms with Crippen molar-refractivity contribution < 1.29 is 19.1 Å². The fraction of sp³-hybridized carbons (Fsp3) is 0.500. The Kier molecular flexibility index (Phi) is 4.50. The highest BCUT2D eigenvalue weighted by Gasteiger charge is 2.42. The van der Waals surface area contributed by atoms with Gasteiger partial charge >= 0.3 is 12.1 Å². The maximum absolute atomic E-state index is 11.7. The molecule has 1 saturated heterocycles. The van der Waals surface area contributed by atoms with E-state index >= 15 is 0 Å². The smallest absolute Gasteiger partial charge is 0.410 e. The number of hydrogen-bond donors (Lipinski definition) is 0. The highest BCUT2D eigenvalue weighted by molar-refractivity contribution is 5.76. The van der Waals surface area contributed by atoms with Crippen molar-refractivity contribution in [1.82, 2.24) is 4.90 Å². The van der Waals surface area contributed by atoms with Gasteiger partial charge in [0.2, 0.25) is 0 Å². The van der Waals surface area contributed by atoms with Gasteiger partial charge in [-0.2, -0.15) is 0 Å². The predicted molar refractivity (Wildman–Crippen MR) is 77.6 cm³/mol. The molecule has 0 radical (unpaired) electrons. The standard InChI is InChI=1S/C16H21NO4/c1-16(2,3)21-15(19)17-10-13(17)9-14(18)20-11-12-7-5-4-6-8-12/h4-8,13H,9-11H2,1-3H3/t13-,17?/m0/s1. The van der Waals surface area contributed by atoms with Crippen molar-refractivity contribution in [2.45, 2.75) is 45.4 Å². The molecule has 0 spiro atoms. The maximum atomic E-state index is 11.7. The molecule has 1 fully saturated rings. The van der Waals surface area contributed by atoms with Crippen LogP contribution in [0, 0.1) is 0 Å². The van der Waals surface area contributed by atoms with Crippen molar-refractivity contribution in [3.8, 4) is 0 Å². The molecule has 2 rings (SSSR count). The van der Waals surface area contributed by atoms with Crippen LogP contribution in [0.25, 0.3) is 0 Å². The van der Waals surface area contributed by atoms with Gasteiger partial charge < -0.3 is 14.4 Å². The summed E-state index contributed by atoms with van der Waals surface area (Å²) < 4.78 is 10.4. The van der Waals surface area contributed by atoms with E-state index in [2.05, 4.69) is 0 Å². The molecule has 0 aromatic heterocycles. The average molecular weight is 291 g/mol. The van der Waals surface area contributed by atoms with E-state index in [0.29, 0.717) is 6.54 Å². The third kappa shape index (κ3) is 5.10. The summed E-state index contributed by atoms with van der Waals surface area (Å²) in [6, 6.07) is 9.41. The van der Waals surface area contributed by atoms with Crippen molar-refractivity contribution in [2.75, 3.05) is 6.54 Å². The zero-order chi connectivity index (χ0) is 15.5. The lowest BCUT2D eigenvalue weighted by atomic mass is 10.2. The van der Waals surface area contributed by atoms with Crippen LogP contribution < -0.4 is 0 Å². The first-order chi connectivity index (χ1) is 9.85. The van der Waals surface area contributed by atoms with Crippen molar-refractivity contribution in [1.29, 1.82) is 0 Å². The van der Waals surface area contributed by atoms with E-state index in [9.17, 15) is 9.59 Å². The summed E-state index contributed by atoms with van der Waals surface area (Å²) in [4.78, 5) is 25.0. The van der Waals surface area contributed by atoms with E-state index in [-0.39, 0.29) is 31.1 Å². The molecule has 1 atom stereocenters. The quantitative estimate of drug-likeness (QED) is 0.632. The van der Waals surface area contributed by atoms with Gasteiger partial charge in [0.05, 0.1) is 12.5 Å². The lowest BCUT2D eigenvalue weighted by Crippen LogP contribution is -2.28. The van der Waals surface area contributed by atoms with Crippen molar-refractivity contribution in [3.63, 3.8) is 0 Å². The van der Waals surface area contributed by atoms with Gasteiger partial charge in [-0.25, -0.2) is 4.79 Å². The highest BCUT2D eigenvalue weighted by atomic mass is 16.6. The Morgan fingerprint density at radius 2 is 1.90 bits per heavy atom. The zero-order valence-electron chi connectivity index (χ0n) is 12.7. The average Bonchev–Trinajstić information content (AvgIpc) is 3.15. The zero-order valence-corrected chi connectivity index (χ0v) is 12.7. The topological polar surface area (TPSA) is 55.6 Å². The third-order valence-corrected chi connectivity index (χ3v) is 2.99. The molecule has 1 aromatic carbocycles. The summed E-state index contributed by atoms with van der Waals surface area (Å²) in [6.07, 6.45) is -0.158. The van der Waals surface area contributed by atoms with Crippen LogP contribution in [0.5, 0.6) is 0 Å². The molecular weight excluding hydrogens is 270 g/mol. The molecule has 1 heterocycles. The Morgan fingerprint density at radius 1 is 1.24 bits per heavy atom. The van der Waals surface area contributed by atoms with E-state index in [4.69, 9.17) is 9.47 Å². The Morgan fingerprint density at radius 3 is 2.52 bits per heavy atom. The van der Waals surface area contributed by atoms with Crippen LogP contribution in [-0.4, -0.2) is 35.2 Å². The van der Waals surface area contributed by atoms with Gasteiger partial charge in [0.25, 0.3) is 0 Å². The lowest BCUT2D eigenvalue weighted by molar-refractivity contribution is -0.145. The maximum Gasteiger partial charge on any atom is 0.410 e. The van der Waals surface area contributed by atoms with Gasteiger partial charge in [-0.3, -0.25) is 4.79 Å². The molecule has 0 aliphatic carbocycles. The summed E-state index contributed by atoms with van der Waals surface area (Å²) in [5.41, 5.74) is 0.434. The van der Waals surface area contributed by atoms with Crippen molar-refractivity contribution >= 4 is 12.1 Å². The number of carbonyl (C=O) groups excluding carboxylic acids is 2.